The minimum Gasteiger partial charge on any atom is -0.364 e. The van der Waals surface area contributed by atoms with Gasteiger partial charge in [-0.1, -0.05) is 18.2 Å². The van der Waals surface area contributed by atoms with Gasteiger partial charge in [-0.2, -0.15) is 9.49 Å². The van der Waals surface area contributed by atoms with Crippen LogP contribution in [0, 0.1) is 5.95 Å². The van der Waals surface area contributed by atoms with Crippen molar-refractivity contribution in [3.8, 4) is 5.69 Å². The van der Waals surface area contributed by atoms with E-state index in [1.54, 1.807) is 30.3 Å². The Balaban J connectivity index is 2.37. The summed E-state index contributed by atoms with van der Waals surface area (Å²) in [6, 6.07) is 10.1. The van der Waals surface area contributed by atoms with E-state index < -0.39 is 11.9 Å². The highest BCUT2D eigenvalue weighted by Crippen LogP contribution is 2.22. The van der Waals surface area contributed by atoms with Crippen LogP contribution in [0.5, 0.6) is 0 Å². The first-order valence-electron chi connectivity index (χ1n) is 5.57. The van der Waals surface area contributed by atoms with Crippen LogP contribution in [0.4, 0.5) is 4.39 Å². The Labute approximate surface area is 107 Å². The highest BCUT2D eigenvalue weighted by Gasteiger charge is 2.17. The van der Waals surface area contributed by atoms with E-state index in [4.69, 9.17) is 5.73 Å². The first-order valence-corrected chi connectivity index (χ1v) is 5.57. The molecule has 0 atom stereocenters. The Hall–Kier alpha value is -2.76. The number of amides is 1. The van der Waals surface area contributed by atoms with Gasteiger partial charge >= 0.3 is 0 Å². The number of para-hydroxylation sites is 1. The zero-order chi connectivity index (χ0) is 13.4. The topological polar surface area (TPSA) is 73.8 Å². The molecule has 2 aromatic heterocycles. The molecule has 0 aliphatic heterocycles. The lowest BCUT2D eigenvalue weighted by molar-refractivity contribution is 0.0996. The molecular formula is C13H9FN4O. The van der Waals surface area contributed by atoms with Gasteiger partial charge in [0.15, 0.2) is 5.69 Å². The number of primary amides is 1. The van der Waals surface area contributed by atoms with Crippen LogP contribution in [-0.2, 0) is 0 Å². The van der Waals surface area contributed by atoms with Crippen molar-refractivity contribution < 1.29 is 9.18 Å². The van der Waals surface area contributed by atoms with Gasteiger partial charge in [-0.15, -0.1) is 0 Å². The average Bonchev–Trinajstić information content (AvgIpc) is 2.79. The van der Waals surface area contributed by atoms with Crippen molar-refractivity contribution in [1.82, 2.24) is 14.8 Å². The fourth-order valence-electron chi connectivity index (χ4n) is 1.97. The molecule has 0 saturated heterocycles. The highest BCUT2D eigenvalue weighted by atomic mass is 19.1. The molecule has 0 bridgehead atoms. The molecule has 2 N–H and O–H groups in total. The van der Waals surface area contributed by atoms with Gasteiger partial charge in [-0.3, -0.25) is 4.79 Å². The van der Waals surface area contributed by atoms with Crippen molar-refractivity contribution in [3.63, 3.8) is 0 Å². The smallest absolute Gasteiger partial charge is 0.269 e. The molecule has 0 spiro atoms. The number of carbonyl (C=O) groups is 1. The summed E-state index contributed by atoms with van der Waals surface area (Å²) in [5, 5.41) is 4.66. The molecule has 0 radical (unpaired) electrons. The molecule has 0 saturated carbocycles. The van der Waals surface area contributed by atoms with Gasteiger partial charge in [0.05, 0.1) is 5.52 Å². The Morgan fingerprint density at radius 2 is 2.00 bits per heavy atom. The number of hydrogen-bond donors (Lipinski definition) is 1. The predicted octanol–water partition coefficient (Wildman–Crippen LogP) is 1.66. The SMILES string of the molecule is NC(=O)c1nn(-c2cccnc2F)c2ccccc12. The number of carbonyl (C=O) groups excluding carboxylic acids is 1. The average molecular weight is 256 g/mol. The molecule has 6 heteroatoms. The van der Waals surface area contributed by atoms with Gasteiger partial charge in [0.2, 0.25) is 5.95 Å². The third-order valence-electron chi connectivity index (χ3n) is 2.79. The molecule has 94 valence electrons. The number of hydrogen-bond acceptors (Lipinski definition) is 3. The Bertz CT molecular complexity index is 781. The van der Waals surface area contributed by atoms with Crippen LogP contribution in [0.15, 0.2) is 42.6 Å². The monoisotopic (exact) mass is 256 g/mol. The lowest BCUT2D eigenvalue weighted by Gasteiger charge is -2.03. The van der Waals surface area contributed by atoms with Crippen LogP contribution in [0.25, 0.3) is 16.6 Å². The van der Waals surface area contributed by atoms with Crippen molar-refractivity contribution in [2.75, 3.05) is 0 Å². The molecule has 2 heterocycles. The second-order valence-electron chi connectivity index (χ2n) is 3.96. The van der Waals surface area contributed by atoms with Gasteiger partial charge in [-0.05, 0) is 18.2 Å². The molecule has 0 aliphatic carbocycles. The second kappa shape index (κ2) is 4.16. The number of halogens is 1. The first kappa shape index (κ1) is 11.3. The zero-order valence-electron chi connectivity index (χ0n) is 9.75. The number of aromatic nitrogens is 3. The van der Waals surface area contributed by atoms with Gasteiger partial charge in [-0.25, -0.2) is 9.67 Å². The van der Waals surface area contributed by atoms with E-state index in [2.05, 4.69) is 10.1 Å². The Kier molecular flexibility index (Phi) is 2.49. The fourth-order valence-corrected chi connectivity index (χ4v) is 1.97. The Morgan fingerprint density at radius 3 is 2.74 bits per heavy atom. The standard InChI is InChI=1S/C13H9FN4O/c14-12-10(6-3-7-16-12)18-9-5-2-1-4-8(9)11(17-18)13(15)19/h1-7H,(H2,15,19). The molecule has 0 fully saturated rings. The van der Waals surface area contributed by atoms with Crippen molar-refractivity contribution >= 4 is 16.8 Å². The number of rotatable bonds is 2. The van der Waals surface area contributed by atoms with E-state index in [1.165, 1.54) is 16.9 Å². The largest absolute Gasteiger partial charge is 0.364 e. The molecule has 19 heavy (non-hydrogen) atoms. The minimum absolute atomic E-state index is 0.110. The van der Waals surface area contributed by atoms with Crippen LogP contribution in [0.3, 0.4) is 0 Å². The van der Waals surface area contributed by atoms with Crippen molar-refractivity contribution in [2.45, 2.75) is 0 Å². The number of nitrogens with zero attached hydrogens (tertiary/aromatic N) is 3. The van der Waals surface area contributed by atoms with Crippen LogP contribution < -0.4 is 5.73 Å². The molecule has 3 rings (SSSR count). The fraction of sp³-hybridized carbons (Fsp3) is 0. The van der Waals surface area contributed by atoms with Gasteiger partial charge in [0.25, 0.3) is 5.91 Å². The quantitative estimate of drug-likeness (QED) is 0.708. The van der Waals surface area contributed by atoms with Crippen LogP contribution in [0.2, 0.25) is 0 Å². The van der Waals surface area contributed by atoms with Crippen LogP contribution >= 0.6 is 0 Å². The molecule has 1 amide bonds. The van der Waals surface area contributed by atoms with Crippen molar-refractivity contribution in [1.29, 1.82) is 0 Å². The summed E-state index contributed by atoms with van der Waals surface area (Å²) in [5.41, 5.74) is 6.17. The second-order valence-corrected chi connectivity index (χ2v) is 3.96. The van der Waals surface area contributed by atoms with E-state index in [0.29, 0.717) is 10.9 Å². The van der Waals surface area contributed by atoms with Crippen LogP contribution in [-0.4, -0.2) is 20.7 Å². The van der Waals surface area contributed by atoms with E-state index in [1.807, 2.05) is 0 Å². The normalized spacial score (nSPS) is 10.8. The summed E-state index contributed by atoms with van der Waals surface area (Å²) >= 11 is 0. The maximum atomic E-state index is 13.7. The van der Waals surface area contributed by atoms with Gasteiger partial charge in [0, 0.05) is 11.6 Å². The van der Waals surface area contributed by atoms with E-state index >= 15 is 0 Å². The van der Waals surface area contributed by atoms with E-state index in [9.17, 15) is 9.18 Å². The summed E-state index contributed by atoms with van der Waals surface area (Å²) in [5.74, 6) is -1.31. The predicted molar refractivity (Wildman–Crippen MR) is 67.3 cm³/mol. The molecule has 3 aromatic rings. The summed E-state index contributed by atoms with van der Waals surface area (Å²) in [6.45, 7) is 0. The molecule has 1 aromatic carbocycles. The van der Waals surface area contributed by atoms with E-state index in [-0.39, 0.29) is 11.4 Å². The first-order chi connectivity index (χ1) is 9.18. The summed E-state index contributed by atoms with van der Waals surface area (Å²) in [7, 11) is 0. The molecule has 0 aliphatic rings. The summed E-state index contributed by atoms with van der Waals surface area (Å²) in [6.07, 6.45) is 1.35. The molecule has 5 nitrogen and oxygen atoms in total. The highest BCUT2D eigenvalue weighted by molar-refractivity contribution is 6.04. The lowest BCUT2D eigenvalue weighted by atomic mass is 10.2. The lowest BCUT2D eigenvalue weighted by Crippen LogP contribution is -2.13. The van der Waals surface area contributed by atoms with Crippen LogP contribution in [0.1, 0.15) is 10.5 Å². The molecular weight excluding hydrogens is 247 g/mol. The number of benzene rings is 1. The maximum Gasteiger partial charge on any atom is 0.269 e. The number of pyridine rings is 1. The number of fused-ring (bicyclic) bond motifs is 1. The van der Waals surface area contributed by atoms with Gasteiger partial charge < -0.3 is 5.73 Å². The van der Waals surface area contributed by atoms with Crippen molar-refractivity contribution in [2.24, 2.45) is 5.73 Å². The summed E-state index contributed by atoms with van der Waals surface area (Å²) < 4.78 is 15.1. The molecule has 0 unspecified atom stereocenters. The Morgan fingerprint density at radius 1 is 1.21 bits per heavy atom. The minimum atomic E-state index is -0.660. The van der Waals surface area contributed by atoms with E-state index in [0.717, 1.165) is 0 Å². The van der Waals surface area contributed by atoms with Crippen molar-refractivity contribution in [3.05, 3.63) is 54.2 Å². The third kappa shape index (κ3) is 1.74. The zero-order valence-corrected chi connectivity index (χ0v) is 9.75. The third-order valence-corrected chi connectivity index (χ3v) is 2.79. The maximum absolute atomic E-state index is 13.7. The number of nitrogens with two attached hydrogens (primary N) is 1. The summed E-state index contributed by atoms with van der Waals surface area (Å²) in [4.78, 5) is 15.0. The van der Waals surface area contributed by atoms with Gasteiger partial charge in [0.1, 0.15) is 5.69 Å².